The van der Waals surface area contributed by atoms with Gasteiger partial charge in [0.1, 0.15) is 5.75 Å². The zero-order valence-electron chi connectivity index (χ0n) is 18.2. The molecule has 2 aromatic rings. The van der Waals surface area contributed by atoms with Gasteiger partial charge in [0.25, 0.3) is 5.91 Å². The molecule has 0 saturated heterocycles. The van der Waals surface area contributed by atoms with Crippen LogP contribution in [0.25, 0.3) is 11.1 Å². The van der Waals surface area contributed by atoms with Crippen molar-refractivity contribution in [1.29, 1.82) is 0 Å². The van der Waals surface area contributed by atoms with Crippen LogP contribution >= 0.6 is 0 Å². The number of pyridine rings is 1. The quantitative estimate of drug-likeness (QED) is 0.716. The van der Waals surface area contributed by atoms with Crippen molar-refractivity contribution in [2.45, 2.75) is 46.2 Å². The number of aryl methyl sites for hydroxylation is 1. The summed E-state index contributed by atoms with van der Waals surface area (Å²) < 4.78 is 6.01. The highest BCUT2D eigenvalue weighted by molar-refractivity contribution is 6.03. The Morgan fingerprint density at radius 3 is 2.77 bits per heavy atom. The first-order valence-electron chi connectivity index (χ1n) is 10.1. The summed E-state index contributed by atoms with van der Waals surface area (Å²) >= 11 is 0. The summed E-state index contributed by atoms with van der Waals surface area (Å²) in [6.07, 6.45) is 1.39. The van der Waals surface area contributed by atoms with E-state index in [0.717, 1.165) is 28.1 Å². The fourth-order valence-electron chi connectivity index (χ4n) is 4.07. The Morgan fingerprint density at radius 2 is 2.10 bits per heavy atom. The molecule has 0 bridgehead atoms. The predicted octanol–water partition coefficient (Wildman–Crippen LogP) is 4.09. The van der Waals surface area contributed by atoms with Crippen molar-refractivity contribution in [3.63, 3.8) is 0 Å². The van der Waals surface area contributed by atoms with E-state index in [1.165, 1.54) is 0 Å². The van der Waals surface area contributed by atoms with Crippen molar-refractivity contribution in [2.24, 2.45) is 5.92 Å². The number of carbonyl (C=O) groups excluding carboxylic acids is 1. The van der Waals surface area contributed by atoms with Crippen LogP contribution in [0.2, 0.25) is 0 Å². The normalized spacial score (nSPS) is 14.4. The van der Waals surface area contributed by atoms with Gasteiger partial charge >= 0.3 is 6.09 Å². The highest BCUT2D eigenvalue weighted by atomic mass is 16.5. The van der Waals surface area contributed by atoms with Gasteiger partial charge in [0.15, 0.2) is 0 Å². The van der Waals surface area contributed by atoms with E-state index in [1.54, 1.807) is 18.1 Å². The number of rotatable bonds is 7. The lowest BCUT2D eigenvalue weighted by Gasteiger charge is -2.28. The van der Waals surface area contributed by atoms with Gasteiger partial charge in [0, 0.05) is 18.8 Å². The SMILES string of the molecule is Cc1cc(-c2ccnc3c2C(=O)N(C)C3)ccc1OC[C@@H](C)CC(C)(C)NC(=O)O. The van der Waals surface area contributed by atoms with Crippen LogP contribution in [-0.4, -0.2) is 46.2 Å². The summed E-state index contributed by atoms with van der Waals surface area (Å²) in [5, 5.41) is 11.5. The molecule has 2 heterocycles. The molecular formula is C23H29N3O4. The van der Waals surface area contributed by atoms with E-state index >= 15 is 0 Å². The Bertz CT molecular complexity index is 971. The second kappa shape index (κ2) is 8.34. The Morgan fingerprint density at radius 1 is 1.37 bits per heavy atom. The third-order valence-electron chi connectivity index (χ3n) is 5.29. The van der Waals surface area contributed by atoms with Crippen LogP contribution in [0.4, 0.5) is 4.79 Å². The van der Waals surface area contributed by atoms with Crippen molar-refractivity contribution in [2.75, 3.05) is 13.7 Å². The van der Waals surface area contributed by atoms with Gasteiger partial charge in [-0.3, -0.25) is 9.78 Å². The molecule has 2 amide bonds. The van der Waals surface area contributed by atoms with E-state index in [-0.39, 0.29) is 11.8 Å². The maximum Gasteiger partial charge on any atom is 0.405 e. The molecule has 160 valence electrons. The summed E-state index contributed by atoms with van der Waals surface area (Å²) in [4.78, 5) is 29.5. The topological polar surface area (TPSA) is 91.8 Å². The number of nitrogens with zero attached hydrogens (tertiary/aromatic N) is 2. The van der Waals surface area contributed by atoms with Crippen molar-refractivity contribution >= 4 is 12.0 Å². The van der Waals surface area contributed by atoms with Crippen LogP contribution in [-0.2, 0) is 6.54 Å². The Kier molecular flexibility index (Phi) is 6.01. The number of nitrogens with one attached hydrogen (secondary N) is 1. The number of benzene rings is 1. The molecule has 1 aromatic heterocycles. The largest absolute Gasteiger partial charge is 0.493 e. The number of hydrogen-bond donors (Lipinski definition) is 2. The fraction of sp³-hybridized carbons (Fsp3) is 0.435. The summed E-state index contributed by atoms with van der Waals surface area (Å²) in [5.41, 5.74) is 3.79. The molecule has 7 nitrogen and oxygen atoms in total. The molecule has 0 saturated carbocycles. The summed E-state index contributed by atoms with van der Waals surface area (Å²) in [7, 11) is 1.78. The van der Waals surface area contributed by atoms with E-state index in [9.17, 15) is 9.59 Å². The van der Waals surface area contributed by atoms with Crippen LogP contribution in [0.15, 0.2) is 30.5 Å². The Hall–Kier alpha value is -3.09. The predicted molar refractivity (Wildman–Crippen MR) is 115 cm³/mol. The van der Waals surface area contributed by atoms with E-state index in [4.69, 9.17) is 9.84 Å². The molecule has 1 aromatic carbocycles. The zero-order chi connectivity index (χ0) is 22.1. The lowest BCUT2D eigenvalue weighted by Crippen LogP contribution is -2.44. The molecule has 0 unspecified atom stereocenters. The Balaban J connectivity index is 1.71. The molecule has 7 heteroatoms. The van der Waals surface area contributed by atoms with Gasteiger partial charge in [0.2, 0.25) is 0 Å². The first kappa shape index (κ1) is 21.6. The first-order chi connectivity index (χ1) is 14.1. The van der Waals surface area contributed by atoms with Crippen LogP contribution < -0.4 is 10.1 Å². The number of amides is 2. The average Bonchev–Trinajstić information content (AvgIpc) is 2.93. The van der Waals surface area contributed by atoms with E-state index in [0.29, 0.717) is 25.1 Å². The fourth-order valence-corrected chi connectivity index (χ4v) is 4.07. The van der Waals surface area contributed by atoms with Crippen molar-refractivity contribution in [3.8, 4) is 16.9 Å². The van der Waals surface area contributed by atoms with Crippen molar-refractivity contribution in [3.05, 3.63) is 47.3 Å². The molecule has 0 fully saturated rings. The van der Waals surface area contributed by atoms with Crippen LogP contribution in [0, 0.1) is 12.8 Å². The molecule has 0 aliphatic carbocycles. The maximum absolute atomic E-state index is 12.5. The number of aromatic nitrogens is 1. The Labute approximate surface area is 177 Å². The van der Waals surface area contributed by atoms with Crippen molar-refractivity contribution in [1.82, 2.24) is 15.2 Å². The van der Waals surface area contributed by atoms with Gasteiger partial charge in [-0.2, -0.15) is 0 Å². The number of carbonyl (C=O) groups is 2. The maximum atomic E-state index is 12.5. The minimum Gasteiger partial charge on any atom is -0.493 e. The molecule has 3 rings (SSSR count). The molecule has 1 aliphatic rings. The molecule has 0 spiro atoms. The second-order valence-corrected chi connectivity index (χ2v) is 8.76. The zero-order valence-corrected chi connectivity index (χ0v) is 18.2. The molecule has 0 radical (unpaired) electrons. The third-order valence-corrected chi connectivity index (χ3v) is 5.29. The minimum absolute atomic E-state index is 0.00232. The van der Waals surface area contributed by atoms with Gasteiger partial charge in [-0.15, -0.1) is 0 Å². The lowest BCUT2D eigenvalue weighted by molar-refractivity contribution is 0.0816. The summed E-state index contributed by atoms with van der Waals surface area (Å²) in [6.45, 7) is 8.77. The molecule has 2 N–H and O–H groups in total. The van der Waals surface area contributed by atoms with Gasteiger partial charge in [-0.05, 0) is 68.0 Å². The van der Waals surface area contributed by atoms with Gasteiger partial charge in [-0.1, -0.05) is 13.0 Å². The molecular weight excluding hydrogens is 382 g/mol. The molecule has 1 atom stereocenters. The van der Waals surface area contributed by atoms with Crippen LogP contribution in [0.3, 0.4) is 0 Å². The van der Waals surface area contributed by atoms with Gasteiger partial charge in [-0.25, -0.2) is 4.79 Å². The van der Waals surface area contributed by atoms with Gasteiger partial charge in [0.05, 0.1) is 24.4 Å². The highest BCUT2D eigenvalue weighted by Crippen LogP contribution is 2.33. The molecule has 1 aliphatic heterocycles. The monoisotopic (exact) mass is 411 g/mol. The van der Waals surface area contributed by atoms with E-state index in [2.05, 4.69) is 10.3 Å². The minimum atomic E-state index is -1.02. The van der Waals surface area contributed by atoms with E-state index < -0.39 is 11.6 Å². The number of fused-ring (bicyclic) bond motifs is 1. The lowest BCUT2D eigenvalue weighted by atomic mass is 9.92. The molecule has 30 heavy (non-hydrogen) atoms. The smallest absolute Gasteiger partial charge is 0.405 e. The van der Waals surface area contributed by atoms with Crippen molar-refractivity contribution < 1.29 is 19.4 Å². The first-order valence-corrected chi connectivity index (χ1v) is 10.1. The standard InChI is InChI=1S/C23H29N3O4/c1-14(11-23(3,4)25-22(28)29)13-30-19-7-6-16(10-15(19)2)17-8-9-24-18-12-26(5)21(27)20(17)18/h6-10,14,25H,11-13H2,1-5H3,(H,28,29)/t14-/m0/s1. The number of hydrogen-bond acceptors (Lipinski definition) is 4. The second-order valence-electron chi connectivity index (χ2n) is 8.76. The highest BCUT2D eigenvalue weighted by Gasteiger charge is 2.29. The number of ether oxygens (including phenoxy) is 1. The average molecular weight is 412 g/mol. The summed E-state index contributed by atoms with van der Waals surface area (Å²) in [6, 6.07) is 7.79. The van der Waals surface area contributed by atoms with Crippen LogP contribution in [0.5, 0.6) is 5.75 Å². The number of carboxylic acid groups (broad SMARTS) is 1. The van der Waals surface area contributed by atoms with Gasteiger partial charge < -0.3 is 20.1 Å². The third kappa shape index (κ3) is 4.72. The van der Waals surface area contributed by atoms with Crippen LogP contribution in [0.1, 0.15) is 48.8 Å². The van der Waals surface area contributed by atoms with E-state index in [1.807, 2.05) is 52.0 Å². The summed E-state index contributed by atoms with van der Waals surface area (Å²) in [5.74, 6) is 0.948.